The quantitative estimate of drug-likeness (QED) is 0.507. The van der Waals surface area contributed by atoms with Gasteiger partial charge < -0.3 is 14.5 Å². The second kappa shape index (κ2) is 10.0. The van der Waals surface area contributed by atoms with E-state index in [9.17, 15) is 13.2 Å². The molecule has 7 nitrogen and oxygen atoms in total. The molecule has 35 heavy (non-hydrogen) atoms. The van der Waals surface area contributed by atoms with Crippen molar-refractivity contribution >= 4 is 33.0 Å². The number of methoxy groups -OCH3 is 1. The molecule has 9 heteroatoms. The summed E-state index contributed by atoms with van der Waals surface area (Å²) in [5, 5.41) is 1.77. The number of rotatable bonds is 6. The molecule has 3 aromatic rings. The molecular formula is C26H29N3O4S2. The van der Waals surface area contributed by atoms with Crippen LogP contribution in [0.2, 0.25) is 0 Å². The molecule has 184 valence electrons. The third-order valence-electron chi connectivity index (χ3n) is 6.95. The van der Waals surface area contributed by atoms with Gasteiger partial charge in [-0.2, -0.15) is 4.31 Å². The highest BCUT2D eigenvalue weighted by atomic mass is 32.2. The summed E-state index contributed by atoms with van der Waals surface area (Å²) in [7, 11) is -1.97. The van der Waals surface area contributed by atoms with Crippen LogP contribution in [-0.2, 0) is 14.8 Å². The van der Waals surface area contributed by atoms with Crippen LogP contribution in [0.15, 0.2) is 76.3 Å². The Hall–Kier alpha value is -2.88. The first-order valence-corrected chi connectivity index (χ1v) is 14.1. The summed E-state index contributed by atoms with van der Waals surface area (Å²) in [5.41, 5.74) is 2.11. The van der Waals surface area contributed by atoms with Gasteiger partial charge in [0.1, 0.15) is 9.96 Å². The first-order chi connectivity index (χ1) is 17.0. The lowest BCUT2D eigenvalue weighted by atomic mass is 9.88. The Bertz CT molecular complexity index is 1240. The van der Waals surface area contributed by atoms with Crippen molar-refractivity contribution in [1.29, 1.82) is 0 Å². The number of ether oxygens (including phenoxy) is 1. The molecule has 2 atom stereocenters. The minimum atomic E-state index is -3.62. The molecule has 2 aliphatic rings. The number of hydrogen-bond acceptors (Lipinski definition) is 6. The van der Waals surface area contributed by atoms with Crippen LogP contribution in [-0.4, -0.2) is 69.9 Å². The normalized spacial score (nSPS) is 21.3. The molecule has 2 saturated heterocycles. The van der Waals surface area contributed by atoms with E-state index in [-0.39, 0.29) is 18.4 Å². The van der Waals surface area contributed by atoms with E-state index in [4.69, 9.17) is 4.74 Å². The Labute approximate surface area is 210 Å². The Morgan fingerprint density at radius 3 is 2.26 bits per heavy atom. The summed E-state index contributed by atoms with van der Waals surface area (Å²) in [6, 6.07) is 21.1. The second-order valence-corrected chi connectivity index (χ2v) is 12.0. The van der Waals surface area contributed by atoms with Crippen LogP contribution in [0.5, 0.6) is 5.75 Å². The maximum absolute atomic E-state index is 13.7. The van der Waals surface area contributed by atoms with Gasteiger partial charge in [0.05, 0.1) is 13.0 Å². The fourth-order valence-corrected chi connectivity index (χ4v) is 7.64. The SMILES string of the molecule is COc1ccc(N2CCN(C(=O)C3CN(S(=O)(=O)c4cccs4)CC3c3ccccc3)CC2)cc1. The highest BCUT2D eigenvalue weighted by Gasteiger charge is 2.45. The lowest BCUT2D eigenvalue weighted by Gasteiger charge is -2.38. The number of benzene rings is 2. The fourth-order valence-electron chi connectivity index (χ4n) is 5.00. The van der Waals surface area contributed by atoms with Crippen molar-refractivity contribution in [1.82, 2.24) is 9.21 Å². The molecule has 1 amide bonds. The molecule has 0 radical (unpaired) electrons. The van der Waals surface area contributed by atoms with Crippen molar-refractivity contribution in [3.05, 3.63) is 77.7 Å². The fraction of sp³-hybridized carbons (Fsp3) is 0.346. The molecule has 3 heterocycles. The van der Waals surface area contributed by atoms with Crippen LogP contribution >= 0.6 is 11.3 Å². The van der Waals surface area contributed by atoms with Gasteiger partial charge in [-0.1, -0.05) is 36.4 Å². The first kappa shape index (κ1) is 23.8. The highest BCUT2D eigenvalue weighted by molar-refractivity contribution is 7.91. The van der Waals surface area contributed by atoms with E-state index in [2.05, 4.69) is 4.90 Å². The van der Waals surface area contributed by atoms with Gasteiger partial charge in [-0.3, -0.25) is 4.79 Å². The van der Waals surface area contributed by atoms with E-state index < -0.39 is 15.9 Å². The van der Waals surface area contributed by atoms with Crippen LogP contribution in [0.3, 0.4) is 0 Å². The highest BCUT2D eigenvalue weighted by Crippen LogP contribution is 2.37. The number of anilines is 1. The molecule has 0 bridgehead atoms. The summed E-state index contributed by atoms with van der Waals surface area (Å²) < 4.78 is 33.6. The zero-order valence-electron chi connectivity index (χ0n) is 19.6. The Balaban J connectivity index is 1.32. The van der Waals surface area contributed by atoms with Crippen LogP contribution in [0.4, 0.5) is 5.69 Å². The van der Waals surface area contributed by atoms with Crippen LogP contribution in [0.25, 0.3) is 0 Å². The van der Waals surface area contributed by atoms with Gasteiger partial charge in [-0.05, 0) is 41.3 Å². The van der Waals surface area contributed by atoms with Gasteiger partial charge in [0.2, 0.25) is 5.91 Å². The summed E-state index contributed by atoms with van der Waals surface area (Å²) in [6.45, 7) is 3.21. The standard InChI is InChI=1S/C26H29N3O4S2/c1-33-22-11-9-21(10-12-22)27-13-15-28(16-14-27)26(30)24-19-29(35(31,32)25-8-5-17-34-25)18-23(24)20-6-3-2-4-7-20/h2-12,17,23-24H,13-16,18-19H2,1H3. The van der Waals surface area contributed by atoms with Gasteiger partial charge in [0.15, 0.2) is 0 Å². The number of carbonyl (C=O) groups is 1. The number of thiophene rings is 1. The zero-order valence-corrected chi connectivity index (χ0v) is 21.2. The average Bonchev–Trinajstić information content (AvgIpc) is 3.61. The molecule has 2 unspecified atom stereocenters. The molecule has 0 spiro atoms. The maximum Gasteiger partial charge on any atom is 0.252 e. The second-order valence-electron chi connectivity index (χ2n) is 8.89. The average molecular weight is 512 g/mol. The molecule has 0 N–H and O–H groups in total. The molecule has 2 aliphatic heterocycles. The number of hydrogen-bond donors (Lipinski definition) is 0. The molecular weight excluding hydrogens is 482 g/mol. The number of nitrogens with zero attached hydrogens (tertiary/aromatic N) is 3. The monoisotopic (exact) mass is 511 g/mol. The summed E-state index contributed by atoms with van der Waals surface area (Å²) >= 11 is 1.21. The van der Waals surface area contributed by atoms with Crippen molar-refractivity contribution in [2.45, 2.75) is 10.1 Å². The van der Waals surface area contributed by atoms with E-state index in [1.807, 2.05) is 59.5 Å². The molecule has 2 aromatic carbocycles. The van der Waals surface area contributed by atoms with Gasteiger partial charge >= 0.3 is 0 Å². The Morgan fingerprint density at radius 1 is 0.914 bits per heavy atom. The van der Waals surface area contributed by atoms with Crippen molar-refractivity contribution in [2.75, 3.05) is 51.3 Å². The lowest BCUT2D eigenvalue weighted by molar-refractivity contribution is -0.135. The molecule has 0 aliphatic carbocycles. The van der Waals surface area contributed by atoms with E-state index >= 15 is 0 Å². The van der Waals surface area contributed by atoms with E-state index in [1.165, 1.54) is 15.6 Å². The topological polar surface area (TPSA) is 70.2 Å². The van der Waals surface area contributed by atoms with Gasteiger partial charge in [0, 0.05) is 50.9 Å². The lowest BCUT2D eigenvalue weighted by Crippen LogP contribution is -2.51. The van der Waals surface area contributed by atoms with Crippen molar-refractivity contribution in [2.24, 2.45) is 5.92 Å². The minimum Gasteiger partial charge on any atom is -0.497 e. The zero-order chi connectivity index (χ0) is 24.4. The Kier molecular flexibility index (Phi) is 6.82. The molecule has 5 rings (SSSR count). The summed E-state index contributed by atoms with van der Waals surface area (Å²) in [6.07, 6.45) is 0. The van der Waals surface area contributed by atoms with E-state index in [0.29, 0.717) is 23.8 Å². The van der Waals surface area contributed by atoms with Crippen LogP contribution in [0.1, 0.15) is 11.5 Å². The first-order valence-electron chi connectivity index (χ1n) is 11.7. The number of sulfonamides is 1. The van der Waals surface area contributed by atoms with Gasteiger partial charge in [0.25, 0.3) is 10.0 Å². The molecule has 2 fully saturated rings. The van der Waals surface area contributed by atoms with E-state index in [0.717, 1.165) is 30.1 Å². The minimum absolute atomic E-state index is 0.0390. The summed E-state index contributed by atoms with van der Waals surface area (Å²) in [4.78, 5) is 17.9. The Morgan fingerprint density at radius 2 is 1.63 bits per heavy atom. The van der Waals surface area contributed by atoms with Gasteiger partial charge in [-0.15, -0.1) is 11.3 Å². The van der Waals surface area contributed by atoms with Crippen molar-refractivity contribution in [3.8, 4) is 5.75 Å². The van der Waals surface area contributed by atoms with Gasteiger partial charge in [-0.25, -0.2) is 8.42 Å². The number of piperazine rings is 1. The largest absolute Gasteiger partial charge is 0.497 e. The number of amides is 1. The predicted molar refractivity (Wildman–Crippen MR) is 138 cm³/mol. The predicted octanol–water partition coefficient (Wildman–Crippen LogP) is 3.51. The third kappa shape index (κ3) is 4.80. The molecule has 0 saturated carbocycles. The van der Waals surface area contributed by atoms with Crippen molar-refractivity contribution < 1.29 is 17.9 Å². The van der Waals surface area contributed by atoms with Crippen LogP contribution in [0, 0.1) is 5.92 Å². The molecule has 1 aromatic heterocycles. The van der Waals surface area contributed by atoms with Crippen LogP contribution < -0.4 is 9.64 Å². The summed E-state index contributed by atoms with van der Waals surface area (Å²) in [5.74, 6) is 0.285. The maximum atomic E-state index is 13.7. The van der Waals surface area contributed by atoms with E-state index in [1.54, 1.807) is 24.6 Å². The number of carbonyl (C=O) groups excluding carboxylic acids is 1. The smallest absolute Gasteiger partial charge is 0.252 e. The van der Waals surface area contributed by atoms with Crippen molar-refractivity contribution in [3.63, 3.8) is 0 Å². The third-order valence-corrected chi connectivity index (χ3v) is 10.2.